The van der Waals surface area contributed by atoms with Gasteiger partial charge in [-0.3, -0.25) is 4.79 Å². The molecule has 5 heterocycles. The van der Waals surface area contributed by atoms with Crippen LogP contribution in [-0.4, -0.2) is 69.9 Å². The van der Waals surface area contributed by atoms with Crippen LogP contribution in [0.25, 0.3) is 16.7 Å². The SMILES string of the molecule is Cc1nn(-c2ccccc2)c2nc(C3CCOCC3)nc(N3CCN(C(=O)c4cccs4)CC3)c12. The summed E-state index contributed by atoms with van der Waals surface area (Å²) in [6, 6.07) is 14.0. The lowest BCUT2D eigenvalue weighted by Crippen LogP contribution is -2.49. The predicted octanol–water partition coefficient (Wildman–Crippen LogP) is 4.04. The second-order valence-electron chi connectivity index (χ2n) is 9.08. The summed E-state index contributed by atoms with van der Waals surface area (Å²) < 4.78 is 7.54. The largest absolute Gasteiger partial charge is 0.381 e. The topological polar surface area (TPSA) is 76.4 Å². The molecule has 0 aliphatic carbocycles. The van der Waals surface area contributed by atoms with Crippen LogP contribution >= 0.6 is 11.3 Å². The summed E-state index contributed by atoms with van der Waals surface area (Å²) in [6.07, 6.45) is 1.85. The van der Waals surface area contributed by atoms with Crippen LogP contribution in [-0.2, 0) is 4.74 Å². The fourth-order valence-corrected chi connectivity index (χ4v) is 5.66. The number of aromatic nitrogens is 4. The lowest BCUT2D eigenvalue weighted by molar-refractivity contribution is 0.0751. The minimum Gasteiger partial charge on any atom is -0.381 e. The van der Waals surface area contributed by atoms with Crippen molar-refractivity contribution in [3.8, 4) is 5.69 Å². The Morgan fingerprint density at radius 3 is 2.49 bits per heavy atom. The molecule has 0 atom stereocenters. The van der Waals surface area contributed by atoms with E-state index in [-0.39, 0.29) is 11.8 Å². The number of hydrogen-bond donors (Lipinski definition) is 0. The molecule has 35 heavy (non-hydrogen) atoms. The van der Waals surface area contributed by atoms with Crippen molar-refractivity contribution >= 4 is 34.1 Å². The molecule has 2 fully saturated rings. The van der Waals surface area contributed by atoms with E-state index in [0.717, 1.165) is 78.1 Å². The van der Waals surface area contributed by atoms with Gasteiger partial charge in [-0.15, -0.1) is 11.3 Å². The molecule has 0 N–H and O–H groups in total. The Morgan fingerprint density at radius 2 is 1.77 bits per heavy atom. The van der Waals surface area contributed by atoms with Crippen molar-refractivity contribution in [3.05, 3.63) is 64.2 Å². The van der Waals surface area contributed by atoms with Crippen LogP contribution in [0.5, 0.6) is 0 Å². The Kier molecular flexibility index (Phi) is 5.95. The zero-order valence-corrected chi connectivity index (χ0v) is 20.6. The molecule has 2 aliphatic rings. The molecule has 6 rings (SSSR count). The highest BCUT2D eigenvalue weighted by atomic mass is 32.1. The average molecular weight is 489 g/mol. The molecule has 1 aromatic carbocycles. The van der Waals surface area contributed by atoms with Crippen LogP contribution in [0.2, 0.25) is 0 Å². The maximum absolute atomic E-state index is 12.9. The Balaban J connectivity index is 1.38. The van der Waals surface area contributed by atoms with Crippen LogP contribution in [0.1, 0.15) is 39.9 Å². The van der Waals surface area contributed by atoms with Crippen molar-refractivity contribution in [2.24, 2.45) is 0 Å². The van der Waals surface area contributed by atoms with Gasteiger partial charge >= 0.3 is 0 Å². The van der Waals surface area contributed by atoms with Crippen molar-refractivity contribution in [2.45, 2.75) is 25.7 Å². The van der Waals surface area contributed by atoms with Gasteiger partial charge in [-0.1, -0.05) is 24.3 Å². The number of thiophene rings is 1. The van der Waals surface area contributed by atoms with Crippen LogP contribution in [0.4, 0.5) is 5.82 Å². The first-order valence-electron chi connectivity index (χ1n) is 12.2. The molecule has 0 bridgehead atoms. The predicted molar refractivity (Wildman–Crippen MR) is 137 cm³/mol. The number of amides is 1. The number of anilines is 1. The number of ether oxygens (including phenoxy) is 1. The molecule has 0 spiro atoms. The van der Waals surface area contributed by atoms with Gasteiger partial charge in [-0.2, -0.15) is 5.10 Å². The van der Waals surface area contributed by atoms with E-state index in [4.69, 9.17) is 19.8 Å². The summed E-state index contributed by atoms with van der Waals surface area (Å²) in [5, 5.41) is 7.82. The summed E-state index contributed by atoms with van der Waals surface area (Å²) in [6.45, 7) is 6.29. The van der Waals surface area contributed by atoms with E-state index in [2.05, 4.69) is 17.0 Å². The monoisotopic (exact) mass is 488 g/mol. The fraction of sp³-hybridized carbons (Fsp3) is 0.385. The number of carbonyl (C=O) groups excluding carboxylic acids is 1. The van der Waals surface area contributed by atoms with Crippen LogP contribution in [0, 0.1) is 6.92 Å². The normalized spacial score (nSPS) is 17.3. The first-order valence-corrected chi connectivity index (χ1v) is 13.0. The van der Waals surface area contributed by atoms with E-state index in [0.29, 0.717) is 13.1 Å². The zero-order chi connectivity index (χ0) is 23.8. The fourth-order valence-electron chi connectivity index (χ4n) is 4.97. The Labute approximate surface area is 208 Å². The number of piperazine rings is 1. The second kappa shape index (κ2) is 9.39. The molecule has 180 valence electrons. The van der Waals surface area contributed by atoms with Crippen LogP contribution in [0.3, 0.4) is 0 Å². The van der Waals surface area contributed by atoms with Crippen molar-refractivity contribution in [1.29, 1.82) is 0 Å². The molecule has 1 amide bonds. The third kappa shape index (κ3) is 4.19. The first kappa shape index (κ1) is 22.2. The molecule has 0 radical (unpaired) electrons. The molecule has 8 nitrogen and oxygen atoms in total. The summed E-state index contributed by atoms with van der Waals surface area (Å²) in [5.41, 5.74) is 2.74. The van der Waals surface area contributed by atoms with E-state index in [1.54, 1.807) is 0 Å². The third-order valence-electron chi connectivity index (χ3n) is 6.89. The smallest absolute Gasteiger partial charge is 0.264 e. The number of aryl methyl sites for hydroxylation is 1. The van der Waals surface area contributed by atoms with Gasteiger partial charge in [0.1, 0.15) is 11.6 Å². The van der Waals surface area contributed by atoms with Gasteiger partial charge < -0.3 is 14.5 Å². The number of carbonyl (C=O) groups is 1. The zero-order valence-electron chi connectivity index (χ0n) is 19.8. The second-order valence-corrected chi connectivity index (χ2v) is 10.0. The average Bonchev–Trinajstić information content (AvgIpc) is 3.58. The third-order valence-corrected chi connectivity index (χ3v) is 7.74. The molecule has 2 aliphatic heterocycles. The molecule has 2 saturated heterocycles. The summed E-state index contributed by atoms with van der Waals surface area (Å²) in [5.74, 6) is 2.18. The van der Waals surface area contributed by atoms with Crippen molar-refractivity contribution in [3.63, 3.8) is 0 Å². The number of fused-ring (bicyclic) bond motifs is 1. The van der Waals surface area contributed by atoms with Gasteiger partial charge in [0.15, 0.2) is 5.65 Å². The van der Waals surface area contributed by atoms with E-state index in [1.165, 1.54) is 11.3 Å². The maximum atomic E-state index is 12.9. The van der Waals surface area contributed by atoms with Gasteiger partial charge in [0, 0.05) is 45.3 Å². The molecular weight excluding hydrogens is 460 g/mol. The quantitative estimate of drug-likeness (QED) is 0.432. The van der Waals surface area contributed by atoms with E-state index in [9.17, 15) is 4.79 Å². The summed E-state index contributed by atoms with van der Waals surface area (Å²) in [4.78, 5) is 28.1. The van der Waals surface area contributed by atoms with Gasteiger partial charge in [-0.05, 0) is 43.3 Å². The number of rotatable bonds is 4. The summed E-state index contributed by atoms with van der Waals surface area (Å²) >= 11 is 1.50. The Morgan fingerprint density at radius 1 is 1.00 bits per heavy atom. The minimum atomic E-state index is 0.114. The first-order chi connectivity index (χ1) is 17.2. The number of benzene rings is 1. The molecule has 4 aromatic rings. The highest BCUT2D eigenvalue weighted by molar-refractivity contribution is 7.12. The Bertz CT molecular complexity index is 1320. The van der Waals surface area contributed by atoms with Gasteiger partial charge in [0.25, 0.3) is 5.91 Å². The van der Waals surface area contributed by atoms with E-state index in [1.807, 2.05) is 52.2 Å². The molecule has 0 saturated carbocycles. The van der Waals surface area contributed by atoms with Crippen molar-refractivity contribution in [2.75, 3.05) is 44.3 Å². The summed E-state index contributed by atoms with van der Waals surface area (Å²) in [7, 11) is 0. The number of para-hydroxylation sites is 1. The number of nitrogens with zero attached hydrogens (tertiary/aromatic N) is 6. The highest BCUT2D eigenvalue weighted by Gasteiger charge is 2.29. The van der Waals surface area contributed by atoms with Crippen LogP contribution < -0.4 is 4.90 Å². The van der Waals surface area contributed by atoms with Crippen LogP contribution in [0.15, 0.2) is 47.8 Å². The van der Waals surface area contributed by atoms with E-state index < -0.39 is 0 Å². The molecular formula is C26H28N6O2S. The highest BCUT2D eigenvalue weighted by Crippen LogP contribution is 2.33. The van der Waals surface area contributed by atoms with Crippen molar-refractivity contribution in [1.82, 2.24) is 24.6 Å². The van der Waals surface area contributed by atoms with Gasteiger partial charge in [0.05, 0.1) is 21.6 Å². The van der Waals surface area contributed by atoms with Crippen molar-refractivity contribution < 1.29 is 9.53 Å². The molecule has 9 heteroatoms. The van der Waals surface area contributed by atoms with Gasteiger partial charge in [-0.25, -0.2) is 14.6 Å². The van der Waals surface area contributed by atoms with Gasteiger partial charge in [0.2, 0.25) is 0 Å². The molecule has 0 unspecified atom stereocenters. The van der Waals surface area contributed by atoms with E-state index >= 15 is 0 Å². The maximum Gasteiger partial charge on any atom is 0.264 e. The number of hydrogen-bond acceptors (Lipinski definition) is 7. The lowest BCUT2D eigenvalue weighted by atomic mass is 9.99. The Hall–Kier alpha value is -3.30. The minimum absolute atomic E-state index is 0.114. The molecule has 3 aromatic heterocycles. The lowest BCUT2D eigenvalue weighted by Gasteiger charge is -2.36. The standard InChI is InChI=1S/C26H28N6O2S/c1-18-22-24(30-11-13-31(14-12-30)26(33)21-8-5-17-35-21)27-23(19-9-15-34-16-10-19)28-25(22)32(29-18)20-6-3-2-4-7-20/h2-8,17,19H,9-16H2,1H3.